The molecule has 0 spiro atoms. The second-order valence-electron chi connectivity index (χ2n) is 8.02. The highest BCUT2D eigenvalue weighted by atomic mass is 79.9. The van der Waals surface area contributed by atoms with Crippen LogP contribution in [0.1, 0.15) is 42.7 Å². The number of thiocarbonyl (C=S) groups is 1. The summed E-state index contributed by atoms with van der Waals surface area (Å²) in [5.41, 5.74) is 3.19. The van der Waals surface area contributed by atoms with Crippen LogP contribution in [0.3, 0.4) is 0 Å². The molecule has 1 unspecified atom stereocenters. The molecule has 0 radical (unpaired) electrons. The number of ether oxygens (including phenoxy) is 1. The van der Waals surface area contributed by atoms with E-state index in [-0.39, 0.29) is 17.8 Å². The van der Waals surface area contributed by atoms with Gasteiger partial charge in [-0.15, -0.1) is 0 Å². The van der Waals surface area contributed by atoms with Gasteiger partial charge in [0.05, 0.1) is 18.2 Å². The Bertz CT molecular complexity index is 1070. The summed E-state index contributed by atoms with van der Waals surface area (Å²) in [5.74, 6) is -0.372. The highest BCUT2D eigenvalue weighted by Gasteiger charge is 2.33. The molecule has 8 heteroatoms. The van der Waals surface area contributed by atoms with E-state index in [1.54, 1.807) is 23.1 Å². The van der Waals surface area contributed by atoms with E-state index in [0.717, 1.165) is 15.7 Å². The average molecular weight is 516 g/mol. The number of carbonyl (C=O) groups excluding carboxylic acids is 2. The molecule has 1 heterocycles. The van der Waals surface area contributed by atoms with Crippen molar-refractivity contribution in [2.45, 2.75) is 26.8 Å². The summed E-state index contributed by atoms with van der Waals surface area (Å²) in [6, 6.07) is 14.0. The van der Waals surface area contributed by atoms with Crippen molar-refractivity contribution < 1.29 is 14.3 Å². The largest absolute Gasteiger partial charge is 0.462 e. The number of rotatable bonds is 6. The molecule has 2 aromatic rings. The third-order valence-electron chi connectivity index (χ3n) is 5.11. The van der Waals surface area contributed by atoms with Crippen LogP contribution in [-0.4, -0.2) is 35.5 Å². The van der Waals surface area contributed by atoms with Crippen LogP contribution in [0.15, 0.2) is 64.3 Å². The molecule has 3 rings (SSSR count). The summed E-state index contributed by atoms with van der Waals surface area (Å²) >= 11 is 8.83. The quantitative estimate of drug-likeness (QED) is 0.415. The lowest BCUT2D eigenvalue weighted by molar-refractivity contribution is -0.140. The Kier molecular flexibility index (Phi) is 7.69. The number of anilines is 1. The molecule has 0 fully saturated rings. The highest BCUT2D eigenvalue weighted by molar-refractivity contribution is 9.10. The fourth-order valence-corrected chi connectivity index (χ4v) is 3.79. The topological polar surface area (TPSA) is 70.7 Å². The number of nitrogens with zero attached hydrogens (tertiary/aromatic N) is 1. The fourth-order valence-electron chi connectivity index (χ4n) is 3.27. The number of nitrogens with one attached hydrogen (secondary N) is 2. The number of halogens is 1. The number of carbonyl (C=O) groups is 2. The molecular formula is C24H26BrN3O3S. The van der Waals surface area contributed by atoms with Gasteiger partial charge in [0.1, 0.15) is 0 Å². The van der Waals surface area contributed by atoms with Gasteiger partial charge < -0.3 is 20.3 Å². The molecule has 0 bridgehead atoms. The summed E-state index contributed by atoms with van der Waals surface area (Å²) in [4.78, 5) is 27.4. The van der Waals surface area contributed by atoms with E-state index in [0.29, 0.717) is 28.5 Å². The zero-order valence-corrected chi connectivity index (χ0v) is 20.8. The molecule has 1 aliphatic rings. The van der Waals surface area contributed by atoms with Gasteiger partial charge in [0, 0.05) is 28.5 Å². The number of esters is 1. The molecule has 1 atom stereocenters. The Morgan fingerprint density at radius 3 is 2.56 bits per heavy atom. The van der Waals surface area contributed by atoms with Gasteiger partial charge in [-0.1, -0.05) is 41.9 Å². The lowest BCUT2D eigenvalue weighted by atomic mass is 9.94. The molecule has 0 saturated carbocycles. The van der Waals surface area contributed by atoms with Gasteiger partial charge in [-0.25, -0.2) is 4.79 Å². The number of hydrogen-bond acceptors (Lipinski definition) is 4. The Labute approximate surface area is 202 Å². The summed E-state index contributed by atoms with van der Waals surface area (Å²) in [6.07, 6.45) is 0. The molecule has 2 N–H and O–H groups in total. The normalized spacial score (nSPS) is 16.1. The zero-order chi connectivity index (χ0) is 23.4. The van der Waals surface area contributed by atoms with Crippen molar-refractivity contribution in [2.24, 2.45) is 5.92 Å². The Morgan fingerprint density at radius 2 is 1.91 bits per heavy atom. The summed E-state index contributed by atoms with van der Waals surface area (Å²) in [5, 5.41) is 6.66. The van der Waals surface area contributed by atoms with Gasteiger partial charge in [-0.3, -0.25) is 4.79 Å². The van der Waals surface area contributed by atoms with Crippen molar-refractivity contribution in [3.05, 3.63) is 75.4 Å². The van der Waals surface area contributed by atoms with Crippen LogP contribution in [0.5, 0.6) is 0 Å². The summed E-state index contributed by atoms with van der Waals surface area (Å²) in [7, 11) is 1.81. The van der Waals surface area contributed by atoms with Gasteiger partial charge in [0.15, 0.2) is 5.11 Å². The van der Waals surface area contributed by atoms with Crippen LogP contribution in [0, 0.1) is 5.92 Å². The Morgan fingerprint density at radius 1 is 1.22 bits per heavy atom. The maximum Gasteiger partial charge on any atom is 0.338 e. The second-order valence-corrected chi connectivity index (χ2v) is 9.32. The van der Waals surface area contributed by atoms with Crippen molar-refractivity contribution in [3.63, 3.8) is 0 Å². The first-order valence-corrected chi connectivity index (χ1v) is 11.5. The molecule has 2 aromatic carbocycles. The number of benzene rings is 2. The predicted molar refractivity (Wildman–Crippen MR) is 133 cm³/mol. The smallest absolute Gasteiger partial charge is 0.338 e. The number of amides is 1. The van der Waals surface area contributed by atoms with Gasteiger partial charge in [-0.05, 0) is 67.0 Å². The second kappa shape index (κ2) is 10.3. The molecular weight excluding hydrogens is 490 g/mol. The van der Waals surface area contributed by atoms with E-state index in [2.05, 4.69) is 26.6 Å². The summed E-state index contributed by atoms with van der Waals surface area (Å²) in [6.45, 7) is 6.17. The molecule has 0 aliphatic carbocycles. The number of hydrogen-bond donors (Lipinski definition) is 2. The number of allylic oxidation sites excluding steroid dienone is 1. The van der Waals surface area contributed by atoms with Gasteiger partial charge >= 0.3 is 5.97 Å². The first-order valence-electron chi connectivity index (χ1n) is 10.3. The average Bonchev–Trinajstić information content (AvgIpc) is 2.76. The molecule has 1 aliphatic heterocycles. The molecule has 32 heavy (non-hydrogen) atoms. The minimum absolute atomic E-state index is 0.218. The lowest BCUT2D eigenvalue weighted by Gasteiger charge is -2.35. The van der Waals surface area contributed by atoms with Gasteiger partial charge in [0.2, 0.25) is 0 Å². The minimum Gasteiger partial charge on any atom is -0.462 e. The van der Waals surface area contributed by atoms with Crippen molar-refractivity contribution in [2.75, 3.05) is 19.0 Å². The SMILES string of the molecule is CC1=C(C(=O)OCC(C)C)C(c2cccc(NC(=O)c3ccc(Br)cc3)c2)NC(=S)N1C. The molecule has 0 aromatic heterocycles. The van der Waals surface area contributed by atoms with E-state index in [4.69, 9.17) is 17.0 Å². The van der Waals surface area contributed by atoms with E-state index >= 15 is 0 Å². The van der Waals surface area contributed by atoms with Crippen LogP contribution >= 0.6 is 28.1 Å². The predicted octanol–water partition coefficient (Wildman–Crippen LogP) is 5.04. The molecule has 0 saturated heterocycles. The van der Waals surface area contributed by atoms with Crippen LogP contribution in [0.25, 0.3) is 0 Å². The zero-order valence-electron chi connectivity index (χ0n) is 18.4. The van der Waals surface area contributed by atoms with E-state index in [1.807, 2.05) is 58.2 Å². The maximum absolute atomic E-state index is 13.0. The molecule has 168 valence electrons. The van der Waals surface area contributed by atoms with Crippen molar-refractivity contribution in [3.8, 4) is 0 Å². The van der Waals surface area contributed by atoms with Crippen molar-refractivity contribution in [1.82, 2.24) is 10.2 Å². The van der Waals surface area contributed by atoms with E-state index in [9.17, 15) is 9.59 Å². The van der Waals surface area contributed by atoms with Crippen LogP contribution in [0.2, 0.25) is 0 Å². The third kappa shape index (κ3) is 5.55. The Hall–Kier alpha value is -2.71. The van der Waals surface area contributed by atoms with Crippen molar-refractivity contribution in [1.29, 1.82) is 0 Å². The highest BCUT2D eigenvalue weighted by Crippen LogP contribution is 2.32. The first-order chi connectivity index (χ1) is 15.2. The van der Waals surface area contributed by atoms with E-state index < -0.39 is 6.04 Å². The van der Waals surface area contributed by atoms with Gasteiger partial charge in [0.25, 0.3) is 5.91 Å². The Balaban J connectivity index is 1.89. The summed E-state index contributed by atoms with van der Waals surface area (Å²) < 4.78 is 6.43. The monoisotopic (exact) mass is 515 g/mol. The third-order valence-corrected chi connectivity index (χ3v) is 6.03. The maximum atomic E-state index is 13.0. The fraction of sp³-hybridized carbons (Fsp3) is 0.292. The van der Waals surface area contributed by atoms with Crippen LogP contribution in [-0.2, 0) is 9.53 Å². The van der Waals surface area contributed by atoms with Crippen LogP contribution < -0.4 is 10.6 Å². The van der Waals surface area contributed by atoms with Gasteiger partial charge in [-0.2, -0.15) is 0 Å². The molecule has 1 amide bonds. The lowest BCUT2D eigenvalue weighted by Crippen LogP contribution is -2.46. The van der Waals surface area contributed by atoms with Crippen LogP contribution in [0.4, 0.5) is 5.69 Å². The standard InChI is InChI=1S/C24H26BrN3O3S/c1-14(2)13-31-23(30)20-15(3)28(4)24(32)27-21(20)17-6-5-7-19(12-17)26-22(29)16-8-10-18(25)11-9-16/h5-12,14,21H,13H2,1-4H3,(H,26,29)(H,27,32). The molecule has 6 nitrogen and oxygen atoms in total. The first kappa shape index (κ1) is 23.9. The van der Waals surface area contributed by atoms with E-state index in [1.165, 1.54) is 0 Å². The minimum atomic E-state index is -0.483. The van der Waals surface area contributed by atoms with Crippen molar-refractivity contribution >= 4 is 50.8 Å².